The Balaban J connectivity index is 1.89. The molecule has 0 aromatic heterocycles. The van der Waals surface area contributed by atoms with Crippen LogP contribution in [0.1, 0.15) is 39.5 Å². The van der Waals surface area contributed by atoms with Gasteiger partial charge in [-0.25, -0.2) is 0 Å². The largest absolute Gasteiger partial charge is 0.377 e. The van der Waals surface area contributed by atoms with E-state index in [9.17, 15) is 0 Å². The van der Waals surface area contributed by atoms with Gasteiger partial charge in [0.05, 0.1) is 6.10 Å². The molecule has 0 amide bonds. The quantitative estimate of drug-likeness (QED) is 0.791. The van der Waals surface area contributed by atoms with E-state index >= 15 is 0 Å². The normalized spacial score (nSPS) is 34.9. The van der Waals surface area contributed by atoms with Crippen molar-refractivity contribution in [3.63, 3.8) is 0 Å². The van der Waals surface area contributed by atoms with Crippen molar-refractivity contribution in [2.24, 2.45) is 0 Å². The first-order valence-electron chi connectivity index (χ1n) is 6.90. The lowest BCUT2D eigenvalue weighted by atomic mass is 10.1. The Morgan fingerprint density at radius 1 is 1.44 bits per heavy atom. The summed E-state index contributed by atoms with van der Waals surface area (Å²) < 4.78 is 5.82. The third-order valence-electron chi connectivity index (χ3n) is 4.08. The smallest absolute Gasteiger partial charge is 0.0728 e. The number of rotatable bonds is 3. The summed E-state index contributed by atoms with van der Waals surface area (Å²) in [6, 6.07) is 1.27. The van der Waals surface area contributed by atoms with Crippen molar-refractivity contribution in [3.8, 4) is 0 Å². The molecule has 0 radical (unpaired) electrons. The molecule has 2 rings (SSSR count). The van der Waals surface area contributed by atoms with Gasteiger partial charge in [0.25, 0.3) is 0 Å². The summed E-state index contributed by atoms with van der Waals surface area (Å²) in [5.41, 5.74) is 0. The van der Waals surface area contributed by atoms with E-state index in [1.807, 2.05) is 0 Å². The molecule has 0 aromatic carbocycles. The van der Waals surface area contributed by atoms with Gasteiger partial charge in [0.15, 0.2) is 0 Å². The summed E-state index contributed by atoms with van der Waals surface area (Å²) in [6.07, 6.45) is 5.48. The van der Waals surface area contributed by atoms with Crippen LogP contribution in [-0.4, -0.2) is 49.3 Å². The maximum atomic E-state index is 5.82. The van der Waals surface area contributed by atoms with Gasteiger partial charge in [-0.3, -0.25) is 4.90 Å². The molecule has 2 heterocycles. The fourth-order valence-electron chi connectivity index (χ4n) is 2.89. The molecule has 0 spiro atoms. The molecule has 3 heteroatoms. The molecule has 2 aliphatic heterocycles. The molecule has 2 aliphatic rings. The summed E-state index contributed by atoms with van der Waals surface area (Å²) in [4.78, 5) is 2.63. The van der Waals surface area contributed by atoms with Crippen molar-refractivity contribution < 1.29 is 4.74 Å². The first-order chi connectivity index (χ1) is 7.81. The molecule has 0 saturated carbocycles. The Labute approximate surface area is 99.5 Å². The highest BCUT2D eigenvalue weighted by Gasteiger charge is 2.29. The van der Waals surface area contributed by atoms with Gasteiger partial charge in [-0.15, -0.1) is 0 Å². The van der Waals surface area contributed by atoms with Crippen LogP contribution in [0.2, 0.25) is 0 Å². The summed E-state index contributed by atoms with van der Waals surface area (Å²) in [5, 5.41) is 3.62. The van der Waals surface area contributed by atoms with Crippen LogP contribution in [0, 0.1) is 0 Å². The van der Waals surface area contributed by atoms with Gasteiger partial charge in [-0.2, -0.15) is 0 Å². The molecule has 2 fully saturated rings. The second-order valence-corrected chi connectivity index (χ2v) is 5.20. The van der Waals surface area contributed by atoms with Crippen LogP contribution in [-0.2, 0) is 4.74 Å². The average molecular weight is 226 g/mol. The van der Waals surface area contributed by atoms with Crippen molar-refractivity contribution in [2.75, 3.05) is 26.2 Å². The molecule has 0 aromatic rings. The third-order valence-corrected chi connectivity index (χ3v) is 4.08. The molecule has 16 heavy (non-hydrogen) atoms. The average Bonchev–Trinajstić information content (AvgIpc) is 2.73. The van der Waals surface area contributed by atoms with Crippen molar-refractivity contribution >= 4 is 0 Å². The van der Waals surface area contributed by atoms with Crippen molar-refractivity contribution in [1.29, 1.82) is 0 Å². The lowest BCUT2D eigenvalue weighted by Gasteiger charge is -2.33. The molecule has 3 nitrogen and oxygen atoms in total. The van der Waals surface area contributed by atoms with E-state index < -0.39 is 0 Å². The van der Waals surface area contributed by atoms with Crippen LogP contribution >= 0.6 is 0 Å². The van der Waals surface area contributed by atoms with Crippen molar-refractivity contribution in [1.82, 2.24) is 10.2 Å². The van der Waals surface area contributed by atoms with E-state index in [-0.39, 0.29) is 0 Å². The minimum atomic E-state index is 0.482. The minimum absolute atomic E-state index is 0.482. The molecule has 94 valence electrons. The lowest BCUT2D eigenvalue weighted by molar-refractivity contribution is 0.0306. The SMILES string of the molecule is CCC1CN(C(C)C2CCCO2)CCCN1. The zero-order valence-corrected chi connectivity index (χ0v) is 10.7. The van der Waals surface area contributed by atoms with Crippen LogP contribution in [0.4, 0.5) is 0 Å². The highest BCUT2D eigenvalue weighted by molar-refractivity contribution is 4.84. The van der Waals surface area contributed by atoms with Crippen LogP contribution in [0.15, 0.2) is 0 Å². The second kappa shape index (κ2) is 5.99. The third kappa shape index (κ3) is 2.96. The fourth-order valence-corrected chi connectivity index (χ4v) is 2.89. The van der Waals surface area contributed by atoms with Crippen LogP contribution in [0.25, 0.3) is 0 Å². The number of nitrogens with zero attached hydrogens (tertiary/aromatic N) is 1. The first kappa shape index (κ1) is 12.3. The summed E-state index contributed by atoms with van der Waals surface area (Å²) >= 11 is 0. The van der Waals surface area contributed by atoms with Gasteiger partial charge in [0.1, 0.15) is 0 Å². The summed E-state index contributed by atoms with van der Waals surface area (Å²) in [7, 11) is 0. The van der Waals surface area contributed by atoms with Crippen molar-refractivity contribution in [2.45, 2.75) is 57.7 Å². The molecular formula is C13H26N2O. The molecule has 0 bridgehead atoms. The summed E-state index contributed by atoms with van der Waals surface area (Å²) in [5.74, 6) is 0. The Kier molecular flexibility index (Phi) is 4.62. The maximum absolute atomic E-state index is 5.82. The first-order valence-corrected chi connectivity index (χ1v) is 6.90. The molecule has 3 atom stereocenters. The highest BCUT2D eigenvalue weighted by atomic mass is 16.5. The highest BCUT2D eigenvalue weighted by Crippen LogP contribution is 2.20. The minimum Gasteiger partial charge on any atom is -0.377 e. The Morgan fingerprint density at radius 3 is 3.00 bits per heavy atom. The molecular weight excluding hydrogens is 200 g/mol. The topological polar surface area (TPSA) is 24.5 Å². The van der Waals surface area contributed by atoms with E-state index in [2.05, 4.69) is 24.1 Å². The number of hydrogen-bond acceptors (Lipinski definition) is 3. The standard InChI is InChI=1S/C13H26N2O/c1-3-12-10-15(8-5-7-14-12)11(2)13-6-4-9-16-13/h11-14H,3-10H2,1-2H3. The number of nitrogens with one attached hydrogen (secondary N) is 1. The van der Waals surface area contributed by atoms with E-state index in [0.717, 1.165) is 6.61 Å². The van der Waals surface area contributed by atoms with Gasteiger partial charge in [0.2, 0.25) is 0 Å². The maximum Gasteiger partial charge on any atom is 0.0728 e. The predicted octanol–water partition coefficient (Wildman–Crippen LogP) is 1.63. The van der Waals surface area contributed by atoms with Gasteiger partial charge in [-0.1, -0.05) is 6.92 Å². The number of ether oxygens (including phenoxy) is 1. The Hall–Kier alpha value is -0.120. The summed E-state index contributed by atoms with van der Waals surface area (Å²) in [6.45, 7) is 9.18. The zero-order valence-electron chi connectivity index (χ0n) is 10.7. The molecule has 0 aliphatic carbocycles. The van der Waals surface area contributed by atoms with Crippen LogP contribution in [0.3, 0.4) is 0 Å². The molecule has 2 saturated heterocycles. The molecule has 1 N–H and O–H groups in total. The second-order valence-electron chi connectivity index (χ2n) is 5.20. The predicted molar refractivity (Wildman–Crippen MR) is 66.7 cm³/mol. The van der Waals surface area contributed by atoms with Crippen LogP contribution < -0.4 is 5.32 Å². The lowest BCUT2D eigenvalue weighted by Crippen LogP contribution is -2.46. The Bertz CT molecular complexity index is 204. The molecule has 3 unspecified atom stereocenters. The van der Waals surface area contributed by atoms with E-state index in [1.54, 1.807) is 0 Å². The van der Waals surface area contributed by atoms with Gasteiger partial charge < -0.3 is 10.1 Å². The van der Waals surface area contributed by atoms with Gasteiger partial charge in [0, 0.05) is 25.2 Å². The zero-order chi connectivity index (χ0) is 11.4. The van der Waals surface area contributed by atoms with Crippen molar-refractivity contribution in [3.05, 3.63) is 0 Å². The van der Waals surface area contributed by atoms with Crippen LogP contribution in [0.5, 0.6) is 0 Å². The van der Waals surface area contributed by atoms with Gasteiger partial charge >= 0.3 is 0 Å². The van der Waals surface area contributed by atoms with Gasteiger partial charge in [-0.05, 0) is 45.7 Å². The Morgan fingerprint density at radius 2 is 2.31 bits per heavy atom. The fraction of sp³-hybridized carbons (Fsp3) is 1.00. The van der Waals surface area contributed by atoms with E-state index in [4.69, 9.17) is 4.74 Å². The monoisotopic (exact) mass is 226 g/mol. The number of hydrogen-bond donors (Lipinski definition) is 1. The van der Waals surface area contributed by atoms with E-state index in [1.165, 1.54) is 45.3 Å². The van der Waals surface area contributed by atoms with E-state index in [0.29, 0.717) is 18.2 Å².